The van der Waals surface area contributed by atoms with Crippen LogP contribution in [-0.4, -0.2) is 0 Å². The minimum Gasteiger partial charge on any atom is -0.378 e. The maximum absolute atomic E-state index is 6.17. The SMILES string of the molecule is CC1(C)Cc2ccc(Cl)cc2C1Nc1cc(Cl)cc(Cl)c1. The van der Waals surface area contributed by atoms with Gasteiger partial charge in [-0.2, -0.15) is 0 Å². The Morgan fingerprint density at radius 2 is 1.62 bits per heavy atom. The van der Waals surface area contributed by atoms with Gasteiger partial charge in [0.05, 0.1) is 6.04 Å². The smallest absolute Gasteiger partial charge is 0.0571 e. The van der Waals surface area contributed by atoms with E-state index < -0.39 is 0 Å². The topological polar surface area (TPSA) is 12.0 Å². The Kier molecular flexibility index (Phi) is 3.85. The Hall–Kier alpha value is -0.890. The molecule has 0 radical (unpaired) electrons. The number of fused-ring (bicyclic) bond motifs is 1. The molecule has 1 aliphatic rings. The molecule has 0 aromatic heterocycles. The highest BCUT2D eigenvalue weighted by Gasteiger charge is 2.39. The van der Waals surface area contributed by atoms with Gasteiger partial charge in [0.2, 0.25) is 0 Å². The van der Waals surface area contributed by atoms with E-state index in [0.29, 0.717) is 10.0 Å². The molecule has 0 amide bonds. The lowest BCUT2D eigenvalue weighted by Crippen LogP contribution is -2.24. The molecule has 0 spiro atoms. The number of benzene rings is 2. The van der Waals surface area contributed by atoms with Crippen molar-refractivity contribution in [2.45, 2.75) is 26.3 Å². The fourth-order valence-electron chi connectivity index (χ4n) is 3.09. The van der Waals surface area contributed by atoms with Gasteiger partial charge in [-0.25, -0.2) is 0 Å². The van der Waals surface area contributed by atoms with Crippen LogP contribution in [0.25, 0.3) is 0 Å². The largest absolute Gasteiger partial charge is 0.378 e. The van der Waals surface area contributed by atoms with Gasteiger partial charge in [0.1, 0.15) is 0 Å². The zero-order valence-corrected chi connectivity index (χ0v) is 14.2. The molecule has 1 atom stereocenters. The molecular weight excluding hydrogens is 325 g/mol. The first-order valence-corrected chi connectivity index (χ1v) is 7.99. The second-order valence-corrected chi connectivity index (χ2v) is 7.55. The Morgan fingerprint density at radius 3 is 2.29 bits per heavy atom. The van der Waals surface area contributed by atoms with Crippen molar-refractivity contribution in [3.63, 3.8) is 0 Å². The van der Waals surface area contributed by atoms with Gasteiger partial charge in [-0.15, -0.1) is 0 Å². The van der Waals surface area contributed by atoms with Crippen LogP contribution < -0.4 is 5.32 Å². The lowest BCUT2D eigenvalue weighted by molar-refractivity contribution is 0.337. The first kappa shape index (κ1) is 15.0. The Labute approximate surface area is 140 Å². The summed E-state index contributed by atoms with van der Waals surface area (Å²) in [5.74, 6) is 0. The molecule has 0 fully saturated rings. The molecule has 1 N–H and O–H groups in total. The standard InChI is InChI=1S/C17H16Cl3N/c1-17(2)9-10-3-4-11(18)8-15(10)16(17)21-14-6-12(19)5-13(20)7-14/h3-8,16,21H,9H2,1-2H3. The Morgan fingerprint density at radius 1 is 0.952 bits per heavy atom. The third kappa shape index (κ3) is 3.01. The van der Waals surface area contributed by atoms with Crippen LogP contribution in [0.1, 0.15) is 31.0 Å². The molecule has 0 aliphatic heterocycles. The van der Waals surface area contributed by atoms with E-state index >= 15 is 0 Å². The summed E-state index contributed by atoms with van der Waals surface area (Å²) in [4.78, 5) is 0. The van der Waals surface area contributed by atoms with E-state index in [2.05, 4.69) is 31.3 Å². The maximum atomic E-state index is 6.17. The molecule has 1 nitrogen and oxygen atoms in total. The predicted molar refractivity (Wildman–Crippen MR) is 91.8 cm³/mol. The molecule has 1 aliphatic carbocycles. The van der Waals surface area contributed by atoms with E-state index in [1.807, 2.05) is 18.2 Å². The van der Waals surface area contributed by atoms with E-state index in [1.165, 1.54) is 11.1 Å². The number of hydrogen-bond donors (Lipinski definition) is 1. The van der Waals surface area contributed by atoms with Crippen LogP contribution in [0.5, 0.6) is 0 Å². The van der Waals surface area contributed by atoms with E-state index in [-0.39, 0.29) is 11.5 Å². The van der Waals surface area contributed by atoms with Crippen molar-refractivity contribution in [2.75, 3.05) is 5.32 Å². The molecule has 0 saturated heterocycles. The zero-order chi connectivity index (χ0) is 15.2. The van der Waals surface area contributed by atoms with Crippen molar-refractivity contribution < 1.29 is 0 Å². The summed E-state index contributed by atoms with van der Waals surface area (Å²) < 4.78 is 0. The summed E-state index contributed by atoms with van der Waals surface area (Å²) >= 11 is 18.3. The number of anilines is 1. The number of halogens is 3. The highest BCUT2D eigenvalue weighted by molar-refractivity contribution is 6.35. The monoisotopic (exact) mass is 339 g/mol. The van der Waals surface area contributed by atoms with Gasteiger partial charge in [-0.05, 0) is 53.3 Å². The normalized spacial score (nSPS) is 19.4. The van der Waals surface area contributed by atoms with Crippen molar-refractivity contribution in [3.8, 4) is 0 Å². The minimum absolute atomic E-state index is 0.0990. The van der Waals surface area contributed by atoms with Gasteiger partial charge in [-0.1, -0.05) is 54.7 Å². The predicted octanol–water partition coefficient (Wildman–Crippen LogP) is 6.38. The first-order valence-electron chi connectivity index (χ1n) is 6.86. The summed E-state index contributed by atoms with van der Waals surface area (Å²) in [5.41, 5.74) is 3.62. The van der Waals surface area contributed by atoms with Crippen molar-refractivity contribution in [3.05, 3.63) is 62.6 Å². The first-order chi connectivity index (χ1) is 9.85. The number of nitrogens with one attached hydrogen (secondary N) is 1. The summed E-state index contributed by atoms with van der Waals surface area (Å²) in [5, 5.41) is 5.60. The second-order valence-electron chi connectivity index (χ2n) is 6.24. The quantitative estimate of drug-likeness (QED) is 0.668. The van der Waals surface area contributed by atoms with Crippen LogP contribution in [0, 0.1) is 5.41 Å². The van der Waals surface area contributed by atoms with E-state index in [1.54, 1.807) is 6.07 Å². The average Bonchev–Trinajstić information content (AvgIpc) is 2.60. The molecule has 0 heterocycles. The molecule has 110 valence electrons. The van der Waals surface area contributed by atoms with Gasteiger partial charge in [-0.3, -0.25) is 0 Å². The molecule has 4 heteroatoms. The third-order valence-corrected chi connectivity index (χ3v) is 4.69. The highest BCUT2D eigenvalue weighted by Crippen LogP contribution is 2.47. The number of rotatable bonds is 2. The maximum Gasteiger partial charge on any atom is 0.0571 e. The van der Waals surface area contributed by atoms with Crippen LogP contribution in [0.2, 0.25) is 15.1 Å². The Bertz CT molecular complexity index is 674. The molecule has 0 bridgehead atoms. The lowest BCUT2D eigenvalue weighted by atomic mass is 9.85. The average molecular weight is 341 g/mol. The third-order valence-electron chi connectivity index (χ3n) is 4.02. The van der Waals surface area contributed by atoms with Crippen LogP contribution in [-0.2, 0) is 6.42 Å². The van der Waals surface area contributed by atoms with Crippen molar-refractivity contribution >= 4 is 40.5 Å². The highest BCUT2D eigenvalue weighted by atomic mass is 35.5. The van der Waals surface area contributed by atoms with Crippen molar-refractivity contribution in [1.82, 2.24) is 0 Å². The van der Waals surface area contributed by atoms with Crippen LogP contribution in [0.4, 0.5) is 5.69 Å². The van der Waals surface area contributed by atoms with Gasteiger partial charge in [0, 0.05) is 20.8 Å². The molecule has 0 saturated carbocycles. The molecule has 2 aromatic rings. The lowest BCUT2D eigenvalue weighted by Gasteiger charge is -2.29. The molecule has 2 aromatic carbocycles. The molecular formula is C17H16Cl3N. The van der Waals surface area contributed by atoms with Gasteiger partial charge < -0.3 is 5.32 Å². The fraction of sp³-hybridized carbons (Fsp3) is 0.294. The van der Waals surface area contributed by atoms with Crippen molar-refractivity contribution in [1.29, 1.82) is 0 Å². The van der Waals surface area contributed by atoms with Crippen LogP contribution in [0.15, 0.2) is 36.4 Å². The molecule has 1 unspecified atom stereocenters. The summed E-state index contributed by atoms with van der Waals surface area (Å²) in [6.45, 7) is 4.51. The van der Waals surface area contributed by atoms with Gasteiger partial charge >= 0.3 is 0 Å². The fourth-order valence-corrected chi connectivity index (χ4v) is 3.79. The van der Waals surface area contributed by atoms with E-state index in [9.17, 15) is 0 Å². The zero-order valence-electron chi connectivity index (χ0n) is 11.9. The van der Waals surface area contributed by atoms with Crippen molar-refractivity contribution in [2.24, 2.45) is 5.41 Å². The second kappa shape index (κ2) is 5.39. The van der Waals surface area contributed by atoms with Crippen LogP contribution in [0.3, 0.4) is 0 Å². The summed E-state index contributed by atoms with van der Waals surface area (Å²) in [7, 11) is 0. The van der Waals surface area contributed by atoms with E-state index in [0.717, 1.165) is 17.1 Å². The summed E-state index contributed by atoms with van der Waals surface area (Å²) in [6, 6.07) is 11.8. The number of hydrogen-bond acceptors (Lipinski definition) is 1. The van der Waals surface area contributed by atoms with Crippen LogP contribution >= 0.6 is 34.8 Å². The molecule has 21 heavy (non-hydrogen) atoms. The Balaban J connectivity index is 1.99. The minimum atomic E-state index is 0.0990. The summed E-state index contributed by atoms with van der Waals surface area (Å²) in [6.07, 6.45) is 1.02. The van der Waals surface area contributed by atoms with Gasteiger partial charge in [0.15, 0.2) is 0 Å². The van der Waals surface area contributed by atoms with E-state index in [4.69, 9.17) is 34.8 Å². The van der Waals surface area contributed by atoms with Gasteiger partial charge in [0.25, 0.3) is 0 Å². The molecule has 3 rings (SSSR count).